The first-order valence-electron chi connectivity index (χ1n) is 12.6. The van der Waals surface area contributed by atoms with Gasteiger partial charge in [-0.3, -0.25) is 9.62 Å². The summed E-state index contributed by atoms with van der Waals surface area (Å²) in [7, 11) is -3.77. The molecule has 0 radical (unpaired) electrons. The average Bonchev–Trinajstić information content (AvgIpc) is 2.85. The lowest BCUT2D eigenvalue weighted by Gasteiger charge is -2.42. The first kappa shape index (κ1) is 27.2. The maximum absolute atomic E-state index is 12.9. The number of piperazine rings is 1. The normalized spacial score (nSPS) is 19.6. The van der Waals surface area contributed by atoms with Gasteiger partial charge in [0.1, 0.15) is 10.7 Å². The molecular weight excluding hydrogens is 494 g/mol. The molecular formula is C26H37N5O5S. The van der Waals surface area contributed by atoms with Gasteiger partial charge in [-0.2, -0.15) is 0 Å². The van der Waals surface area contributed by atoms with Gasteiger partial charge in [0.15, 0.2) is 0 Å². The van der Waals surface area contributed by atoms with E-state index in [0.29, 0.717) is 45.1 Å². The summed E-state index contributed by atoms with van der Waals surface area (Å²) in [4.78, 5) is 22.0. The van der Waals surface area contributed by atoms with Crippen LogP contribution in [0.5, 0.6) is 0 Å². The van der Waals surface area contributed by atoms with Crippen molar-refractivity contribution in [3.8, 4) is 0 Å². The lowest BCUT2D eigenvalue weighted by atomic mass is 9.86. The summed E-state index contributed by atoms with van der Waals surface area (Å²) in [6, 6.07) is 10.5. The number of sulfonamides is 1. The Hall–Kier alpha value is -2.89. The first-order valence-corrected chi connectivity index (χ1v) is 14.1. The topological polar surface area (TPSA) is 115 Å². The molecule has 1 aromatic carbocycles. The van der Waals surface area contributed by atoms with Gasteiger partial charge in [0.25, 0.3) is 10.0 Å². The van der Waals surface area contributed by atoms with Gasteiger partial charge < -0.3 is 19.6 Å². The maximum atomic E-state index is 12.9. The summed E-state index contributed by atoms with van der Waals surface area (Å²) in [5.74, 6) is 0.737. The van der Waals surface area contributed by atoms with E-state index in [1.165, 1.54) is 6.20 Å². The van der Waals surface area contributed by atoms with Crippen molar-refractivity contribution < 1.29 is 23.1 Å². The second-order valence-electron chi connectivity index (χ2n) is 10.9. The molecule has 2 N–H and O–H groups in total. The minimum atomic E-state index is -3.77. The molecule has 0 unspecified atom stereocenters. The van der Waals surface area contributed by atoms with Crippen molar-refractivity contribution in [3.63, 3.8) is 0 Å². The van der Waals surface area contributed by atoms with Crippen LogP contribution in [-0.4, -0.2) is 86.4 Å². The molecule has 1 aromatic heterocycles. The third kappa shape index (κ3) is 7.33. The predicted molar refractivity (Wildman–Crippen MR) is 142 cm³/mol. The Balaban J connectivity index is 1.36. The second kappa shape index (κ2) is 11.2. The van der Waals surface area contributed by atoms with Crippen LogP contribution in [0.25, 0.3) is 0 Å². The molecule has 0 bridgehead atoms. The van der Waals surface area contributed by atoms with E-state index in [-0.39, 0.29) is 16.4 Å². The number of amides is 1. The molecule has 2 aromatic rings. The van der Waals surface area contributed by atoms with Gasteiger partial charge in [0, 0.05) is 57.2 Å². The smallest absolute Gasteiger partial charge is 0.407 e. The Morgan fingerprint density at radius 2 is 1.78 bits per heavy atom. The zero-order valence-electron chi connectivity index (χ0n) is 21.8. The molecule has 37 heavy (non-hydrogen) atoms. The fourth-order valence-corrected chi connectivity index (χ4v) is 5.86. The first-order chi connectivity index (χ1) is 17.5. The summed E-state index contributed by atoms with van der Waals surface area (Å²) in [5, 5.41) is 9.60. The van der Waals surface area contributed by atoms with Gasteiger partial charge in [-0.05, 0) is 41.7 Å². The predicted octanol–water partition coefficient (Wildman–Crippen LogP) is 3.32. The van der Waals surface area contributed by atoms with Gasteiger partial charge in [0.05, 0.1) is 13.2 Å². The van der Waals surface area contributed by atoms with Crippen LogP contribution in [0.4, 0.5) is 16.3 Å². The fraction of sp³-hybridized carbons (Fsp3) is 0.538. The van der Waals surface area contributed by atoms with Crippen LogP contribution in [0.2, 0.25) is 0 Å². The van der Waals surface area contributed by atoms with Crippen molar-refractivity contribution in [2.24, 2.45) is 5.41 Å². The number of carbonyl (C=O) groups is 1. The number of anilines is 2. The third-order valence-electron chi connectivity index (χ3n) is 6.64. The molecule has 10 nitrogen and oxygen atoms in total. The highest BCUT2D eigenvalue weighted by molar-refractivity contribution is 7.92. The summed E-state index contributed by atoms with van der Waals surface area (Å²) < 4.78 is 33.7. The Morgan fingerprint density at radius 1 is 1.08 bits per heavy atom. The van der Waals surface area contributed by atoms with E-state index in [1.807, 2.05) is 12.1 Å². The minimum Gasteiger partial charge on any atom is -0.465 e. The van der Waals surface area contributed by atoms with Crippen molar-refractivity contribution >= 4 is 27.6 Å². The molecule has 0 aliphatic carbocycles. The molecule has 2 fully saturated rings. The number of nitrogens with zero attached hydrogens (tertiary/aromatic N) is 4. The number of aromatic nitrogens is 1. The van der Waals surface area contributed by atoms with Crippen LogP contribution in [-0.2, 0) is 21.3 Å². The van der Waals surface area contributed by atoms with Crippen molar-refractivity contribution in [2.45, 2.75) is 44.7 Å². The van der Waals surface area contributed by atoms with Gasteiger partial charge in [-0.25, -0.2) is 18.2 Å². The summed E-state index contributed by atoms with van der Waals surface area (Å²) in [5.41, 5.74) is 1.54. The minimum absolute atomic E-state index is 0.0263. The van der Waals surface area contributed by atoms with E-state index in [4.69, 9.17) is 4.74 Å². The monoisotopic (exact) mass is 531 g/mol. The highest BCUT2D eigenvalue weighted by Gasteiger charge is 2.33. The van der Waals surface area contributed by atoms with Crippen molar-refractivity contribution in [1.82, 2.24) is 14.8 Å². The molecule has 2 aliphatic rings. The molecule has 1 atom stereocenters. The Bertz CT molecular complexity index is 1160. The van der Waals surface area contributed by atoms with Crippen LogP contribution >= 0.6 is 0 Å². The van der Waals surface area contributed by atoms with Crippen LogP contribution in [0, 0.1) is 5.41 Å². The van der Waals surface area contributed by atoms with Crippen LogP contribution in [0.1, 0.15) is 32.8 Å². The van der Waals surface area contributed by atoms with E-state index >= 15 is 0 Å². The van der Waals surface area contributed by atoms with Gasteiger partial charge in [-0.15, -0.1) is 0 Å². The molecule has 202 valence electrons. The Labute approximate surface area is 219 Å². The van der Waals surface area contributed by atoms with E-state index < -0.39 is 16.1 Å². The summed E-state index contributed by atoms with van der Waals surface area (Å²) in [6.07, 6.45) is 1.31. The molecule has 0 spiro atoms. The molecule has 1 amide bonds. The second-order valence-corrected chi connectivity index (χ2v) is 12.6. The number of nitrogens with one attached hydrogen (secondary N) is 1. The zero-order chi connectivity index (χ0) is 26.6. The maximum Gasteiger partial charge on any atom is 0.407 e. The SMILES string of the molecule is CC(C)(C)C[C@H]1CN(Cc2ccc(NS(=O)(=O)c3ccc(N4CCOCC4)nc3)cc2)CCN1C(=O)O. The van der Waals surface area contributed by atoms with Crippen LogP contribution < -0.4 is 9.62 Å². The van der Waals surface area contributed by atoms with Crippen LogP contribution in [0.15, 0.2) is 47.5 Å². The van der Waals surface area contributed by atoms with E-state index in [0.717, 1.165) is 30.9 Å². The van der Waals surface area contributed by atoms with E-state index in [9.17, 15) is 18.3 Å². The number of ether oxygens (including phenoxy) is 1. The van der Waals surface area contributed by atoms with E-state index in [2.05, 4.69) is 40.3 Å². The Morgan fingerprint density at radius 3 is 2.38 bits per heavy atom. The number of benzene rings is 1. The highest BCUT2D eigenvalue weighted by atomic mass is 32.2. The van der Waals surface area contributed by atoms with Crippen LogP contribution in [0.3, 0.4) is 0 Å². The number of rotatable bonds is 7. The molecule has 2 aliphatic heterocycles. The number of morpholine rings is 1. The molecule has 11 heteroatoms. The van der Waals surface area contributed by atoms with Crippen molar-refractivity contribution in [2.75, 3.05) is 55.6 Å². The number of carboxylic acid groups (broad SMARTS) is 1. The molecule has 3 heterocycles. The van der Waals surface area contributed by atoms with Crippen molar-refractivity contribution in [1.29, 1.82) is 0 Å². The molecule has 2 saturated heterocycles. The zero-order valence-corrected chi connectivity index (χ0v) is 22.6. The standard InChI is InChI=1S/C26H37N5O5S/c1-26(2,3)16-22-19-29(10-11-31(22)25(32)33)18-20-4-6-21(7-5-20)28-37(34,35)23-8-9-24(27-17-23)30-12-14-36-15-13-30/h4-9,17,22,28H,10-16,18-19H2,1-3H3,(H,32,33)/t22-/m0/s1. The summed E-state index contributed by atoms with van der Waals surface area (Å²) >= 11 is 0. The number of pyridine rings is 1. The molecule has 0 saturated carbocycles. The quantitative estimate of drug-likeness (QED) is 0.559. The fourth-order valence-electron chi connectivity index (χ4n) is 4.86. The largest absolute Gasteiger partial charge is 0.465 e. The molecule has 4 rings (SSSR count). The van der Waals surface area contributed by atoms with E-state index in [1.54, 1.807) is 29.2 Å². The van der Waals surface area contributed by atoms with Gasteiger partial charge in [0.2, 0.25) is 0 Å². The number of hydrogen-bond donors (Lipinski definition) is 2. The Kier molecular flexibility index (Phi) is 8.25. The number of hydrogen-bond acceptors (Lipinski definition) is 7. The lowest BCUT2D eigenvalue weighted by molar-refractivity contribution is 0.0480. The lowest BCUT2D eigenvalue weighted by Crippen LogP contribution is -2.55. The third-order valence-corrected chi connectivity index (χ3v) is 8.01. The summed E-state index contributed by atoms with van der Waals surface area (Å²) in [6.45, 7) is 11.6. The van der Waals surface area contributed by atoms with Gasteiger partial charge >= 0.3 is 6.09 Å². The average molecular weight is 532 g/mol. The van der Waals surface area contributed by atoms with Gasteiger partial charge in [-0.1, -0.05) is 32.9 Å². The van der Waals surface area contributed by atoms with Crippen molar-refractivity contribution in [3.05, 3.63) is 48.2 Å². The highest BCUT2D eigenvalue weighted by Crippen LogP contribution is 2.27.